The van der Waals surface area contributed by atoms with Gasteiger partial charge >= 0.3 is 0 Å². The van der Waals surface area contributed by atoms with Crippen LogP contribution in [0.25, 0.3) is 0 Å². The molecule has 0 radical (unpaired) electrons. The molecule has 0 fully saturated rings. The van der Waals surface area contributed by atoms with Gasteiger partial charge in [-0.05, 0) is 0 Å². The molecule has 0 bridgehead atoms. The smallest absolute Gasteiger partial charge is 0.0782 e. The molecule has 4 heteroatoms. The maximum absolute atomic E-state index is 11.1. The van der Waals surface area contributed by atoms with Crippen molar-refractivity contribution in [3.63, 3.8) is 0 Å². The number of hydrogen-bond donors (Lipinski definition) is 0. The topological polar surface area (TPSA) is 46.1 Å². The fraction of sp³-hybridized carbons (Fsp3) is 1.00. The standard InChI is InChI=1S/C8H20N2O2/c1-9(2,11)7-5-6-8-10(3,4)12/h5-8H2,1-4H3. The van der Waals surface area contributed by atoms with Crippen LogP contribution < -0.4 is 0 Å². The van der Waals surface area contributed by atoms with Gasteiger partial charge in [0, 0.05) is 12.8 Å². The molecule has 0 atom stereocenters. The highest BCUT2D eigenvalue weighted by molar-refractivity contribution is 4.40. The minimum absolute atomic E-state index is 0.258. The van der Waals surface area contributed by atoms with Crippen molar-refractivity contribution in [3.05, 3.63) is 10.4 Å². The van der Waals surface area contributed by atoms with Crippen LogP contribution in [0.2, 0.25) is 0 Å². The van der Waals surface area contributed by atoms with Crippen molar-refractivity contribution in [3.8, 4) is 0 Å². The molecule has 0 heterocycles. The molecule has 0 aliphatic carbocycles. The lowest BCUT2D eigenvalue weighted by atomic mass is 10.3. The molecule has 0 spiro atoms. The fourth-order valence-corrected chi connectivity index (χ4v) is 0.985. The SMILES string of the molecule is C[N+](C)([O-])CCCC[N+](C)(C)[O-]. The lowest BCUT2D eigenvalue weighted by Crippen LogP contribution is -2.36. The summed E-state index contributed by atoms with van der Waals surface area (Å²) < 4.78 is -0.515. The highest BCUT2D eigenvalue weighted by atomic mass is 16.5. The monoisotopic (exact) mass is 176 g/mol. The van der Waals surface area contributed by atoms with E-state index in [0.717, 1.165) is 12.8 Å². The quantitative estimate of drug-likeness (QED) is 0.355. The Hall–Kier alpha value is -0.160. The van der Waals surface area contributed by atoms with Gasteiger partial charge in [-0.25, -0.2) is 0 Å². The zero-order valence-electron chi connectivity index (χ0n) is 8.54. The first kappa shape index (κ1) is 11.8. The van der Waals surface area contributed by atoms with Crippen molar-refractivity contribution in [1.29, 1.82) is 0 Å². The van der Waals surface area contributed by atoms with Crippen LogP contribution in [0.5, 0.6) is 0 Å². The van der Waals surface area contributed by atoms with Crippen LogP contribution in [0.3, 0.4) is 0 Å². The van der Waals surface area contributed by atoms with E-state index < -0.39 is 0 Å². The Morgan fingerprint density at radius 3 is 1.17 bits per heavy atom. The second-order valence-corrected chi connectivity index (χ2v) is 4.30. The molecule has 0 aromatic rings. The zero-order valence-corrected chi connectivity index (χ0v) is 8.54. The molecular formula is C8H20N2O2. The number of nitrogens with zero attached hydrogens (tertiary/aromatic N) is 2. The second kappa shape index (κ2) is 4.18. The van der Waals surface area contributed by atoms with Crippen molar-refractivity contribution in [2.24, 2.45) is 0 Å². The summed E-state index contributed by atoms with van der Waals surface area (Å²) in [5, 5.41) is 22.2. The number of rotatable bonds is 5. The summed E-state index contributed by atoms with van der Waals surface area (Å²) in [6.07, 6.45) is 1.67. The number of unbranched alkanes of at least 4 members (excludes halogenated alkanes) is 1. The maximum Gasteiger partial charge on any atom is 0.0782 e. The van der Waals surface area contributed by atoms with Crippen LogP contribution in [-0.2, 0) is 0 Å². The van der Waals surface area contributed by atoms with Crippen molar-refractivity contribution >= 4 is 0 Å². The van der Waals surface area contributed by atoms with Crippen LogP contribution in [0, 0.1) is 10.4 Å². The molecular weight excluding hydrogens is 156 g/mol. The van der Waals surface area contributed by atoms with E-state index in [4.69, 9.17) is 0 Å². The first-order valence-corrected chi connectivity index (χ1v) is 4.29. The van der Waals surface area contributed by atoms with Gasteiger partial charge < -0.3 is 19.7 Å². The third kappa shape index (κ3) is 9.84. The van der Waals surface area contributed by atoms with Crippen LogP contribution in [0.1, 0.15) is 12.8 Å². The number of hydrogen-bond acceptors (Lipinski definition) is 2. The molecule has 0 unspecified atom stereocenters. The van der Waals surface area contributed by atoms with Gasteiger partial charge in [0.15, 0.2) is 0 Å². The first-order valence-electron chi connectivity index (χ1n) is 4.29. The lowest BCUT2D eigenvalue weighted by molar-refractivity contribution is -0.847. The number of hydroxylamine groups is 6. The Morgan fingerprint density at radius 2 is 1.00 bits per heavy atom. The Labute approximate surface area is 74.7 Å². The van der Waals surface area contributed by atoms with Crippen LogP contribution in [0.4, 0.5) is 0 Å². The van der Waals surface area contributed by atoms with Gasteiger partial charge in [0.05, 0.1) is 41.3 Å². The average molecular weight is 176 g/mol. The van der Waals surface area contributed by atoms with Gasteiger partial charge in [-0.15, -0.1) is 0 Å². The van der Waals surface area contributed by atoms with Gasteiger partial charge in [-0.2, -0.15) is 0 Å². The highest BCUT2D eigenvalue weighted by Crippen LogP contribution is 2.02. The van der Waals surface area contributed by atoms with Crippen molar-refractivity contribution < 1.29 is 9.29 Å². The molecule has 0 N–H and O–H groups in total. The normalized spacial score (nSPS) is 13.5. The molecule has 0 amide bonds. The summed E-state index contributed by atoms with van der Waals surface area (Å²) in [5.74, 6) is 0. The summed E-state index contributed by atoms with van der Waals surface area (Å²) in [6.45, 7) is 1.19. The van der Waals surface area contributed by atoms with Crippen molar-refractivity contribution in [2.75, 3.05) is 41.3 Å². The van der Waals surface area contributed by atoms with E-state index in [9.17, 15) is 10.4 Å². The molecule has 0 rings (SSSR count). The Kier molecular flexibility index (Phi) is 4.13. The summed E-state index contributed by atoms with van der Waals surface area (Å²) in [5.41, 5.74) is 0. The Balaban J connectivity index is 3.35. The number of quaternary nitrogens is 2. The van der Waals surface area contributed by atoms with E-state index in [0.29, 0.717) is 13.1 Å². The predicted octanol–water partition coefficient (Wildman–Crippen LogP) is 0.915. The van der Waals surface area contributed by atoms with Gasteiger partial charge in [0.1, 0.15) is 0 Å². The van der Waals surface area contributed by atoms with E-state index in [1.165, 1.54) is 0 Å². The third-order valence-electron chi connectivity index (χ3n) is 1.64. The maximum atomic E-state index is 11.1. The summed E-state index contributed by atoms with van der Waals surface area (Å²) in [7, 11) is 6.49. The van der Waals surface area contributed by atoms with Gasteiger partial charge in [-0.1, -0.05) is 0 Å². The van der Waals surface area contributed by atoms with Crippen molar-refractivity contribution in [1.82, 2.24) is 0 Å². The second-order valence-electron chi connectivity index (χ2n) is 4.30. The van der Waals surface area contributed by atoms with E-state index in [-0.39, 0.29) is 9.29 Å². The average Bonchev–Trinajstić information content (AvgIpc) is 1.76. The van der Waals surface area contributed by atoms with E-state index in [1.807, 2.05) is 0 Å². The molecule has 0 aliphatic rings. The lowest BCUT2D eigenvalue weighted by Gasteiger charge is -2.36. The molecule has 12 heavy (non-hydrogen) atoms. The molecule has 0 saturated carbocycles. The van der Waals surface area contributed by atoms with Crippen LogP contribution >= 0.6 is 0 Å². The molecule has 0 aromatic carbocycles. The third-order valence-corrected chi connectivity index (χ3v) is 1.64. The van der Waals surface area contributed by atoms with Gasteiger partial charge in [-0.3, -0.25) is 0 Å². The largest absolute Gasteiger partial charge is 0.633 e. The van der Waals surface area contributed by atoms with Gasteiger partial charge in [0.2, 0.25) is 0 Å². The summed E-state index contributed by atoms with van der Waals surface area (Å²) in [4.78, 5) is 0. The van der Waals surface area contributed by atoms with E-state index in [2.05, 4.69) is 0 Å². The molecule has 0 saturated heterocycles. The zero-order chi connectivity index (χ0) is 9.83. The Morgan fingerprint density at radius 1 is 0.750 bits per heavy atom. The van der Waals surface area contributed by atoms with Crippen LogP contribution in [-0.4, -0.2) is 50.6 Å². The first-order chi connectivity index (χ1) is 5.21. The highest BCUT2D eigenvalue weighted by Gasteiger charge is 2.04. The molecule has 74 valence electrons. The predicted molar refractivity (Wildman–Crippen MR) is 49.9 cm³/mol. The molecule has 4 nitrogen and oxygen atoms in total. The van der Waals surface area contributed by atoms with Gasteiger partial charge in [0.25, 0.3) is 0 Å². The molecule has 0 aromatic heterocycles. The van der Waals surface area contributed by atoms with Crippen LogP contribution in [0.15, 0.2) is 0 Å². The summed E-state index contributed by atoms with van der Waals surface area (Å²) in [6, 6.07) is 0. The minimum Gasteiger partial charge on any atom is -0.633 e. The van der Waals surface area contributed by atoms with E-state index in [1.54, 1.807) is 28.2 Å². The fourth-order valence-electron chi connectivity index (χ4n) is 0.985. The Bertz CT molecular complexity index is 108. The molecule has 0 aliphatic heterocycles. The summed E-state index contributed by atoms with van der Waals surface area (Å²) >= 11 is 0. The van der Waals surface area contributed by atoms with E-state index >= 15 is 0 Å². The van der Waals surface area contributed by atoms with Crippen molar-refractivity contribution in [2.45, 2.75) is 12.8 Å². The minimum atomic E-state index is -0.258.